The van der Waals surface area contributed by atoms with Crippen molar-refractivity contribution in [1.29, 1.82) is 0 Å². The Kier molecular flexibility index (Phi) is 5.88. The van der Waals surface area contributed by atoms with Crippen molar-refractivity contribution in [3.8, 4) is 0 Å². The lowest BCUT2D eigenvalue weighted by Crippen LogP contribution is -2.17. The number of carbonyl (C=O) groups excluding carboxylic acids is 3. The van der Waals surface area contributed by atoms with E-state index in [0.29, 0.717) is 5.56 Å². The van der Waals surface area contributed by atoms with Gasteiger partial charge in [0, 0.05) is 5.56 Å². The van der Waals surface area contributed by atoms with Gasteiger partial charge in [-0.05, 0) is 43.9 Å². The summed E-state index contributed by atoms with van der Waals surface area (Å²) in [6.07, 6.45) is 0. The van der Waals surface area contributed by atoms with Gasteiger partial charge in [0.15, 0.2) is 5.78 Å². The Hall–Kier alpha value is -2.89. The van der Waals surface area contributed by atoms with Gasteiger partial charge >= 0.3 is 5.97 Å². The van der Waals surface area contributed by atoms with Crippen molar-refractivity contribution in [3.05, 3.63) is 52.3 Å². The molecular weight excluding hydrogens is 346 g/mol. The number of Topliss-reactive ketones (excluding diaryl/α,β-unsaturated/α-hetero) is 1. The third-order valence-electron chi connectivity index (χ3n) is 4.16. The van der Waals surface area contributed by atoms with Crippen LogP contribution in [0.25, 0.3) is 0 Å². The van der Waals surface area contributed by atoms with Crippen molar-refractivity contribution in [1.82, 2.24) is 0 Å². The zero-order valence-electron chi connectivity index (χ0n) is 16.6. The minimum Gasteiger partial charge on any atom is -0.462 e. The van der Waals surface area contributed by atoms with Gasteiger partial charge in [0.25, 0.3) is 5.91 Å². The first-order valence-corrected chi connectivity index (χ1v) is 8.79. The Bertz CT molecular complexity index is 869. The van der Waals surface area contributed by atoms with Crippen molar-refractivity contribution in [2.75, 3.05) is 11.9 Å². The first-order valence-electron chi connectivity index (χ1n) is 8.79. The summed E-state index contributed by atoms with van der Waals surface area (Å²) in [5.41, 5.74) is 1.55. The fraction of sp³-hybridized carbons (Fsp3) is 0.381. The molecule has 0 atom stereocenters. The number of rotatable bonds is 5. The molecule has 144 valence electrons. The van der Waals surface area contributed by atoms with Crippen LogP contribution in [0.5, 0.6) is 0 Å². The number of ketones is 1. The van der Waals surface area contributed by atoms with E-state index in [9.17, 15) is 14.4 Å². The molecule has 6 heteroatoms. The average molecular weight is 371 g/mol. The van der Waals surface area contributed by atoms with E-state index in [2.05, 4.69) is 26.1 Å². The minimum atomic E-state index is -0.710. The maximum Gasteiger partial charge on any atom is 0.344 e. The molecule has 6 nitrogen and oxygen atoms in total. The zero-order chi connectivity index (χ0) is 20.4. The fourth-order valence-electron chi connectivity index (χ4n) is 2.75. The molecule has 27 heavy (non-hydrogen) atoms. The molecule has 1 amide bonds. The molecule has 0 bridgehead atoms. The maximum atomic E-state index is 12.6. The van der Waals surface area contributed by atoms with Crippen LogP contribution in [0.1, 0.15) is 77.0 Å². The van der Waals surface area contributed by atoms with Gasteiger partial charge in [-0.25, -0.2) is 4.79 Å². The van der Waals surface area contributed by atoms with E-state index in [1.807, 2.05) is 12.1 Å². The second kappa shape index (κ2) is 7.78. The highest BCUT2D eigenvalue weighted by atomic mass is 16.5. The molecule has 0 aliphatic rings. The van der Waals surface area contributed by atoms with Gasteiger partial charge in [0.2, 0.25) is 5.88 Å². The van der Waals surface area contributed by atoms with Gasteiger partial charge in [-0.3, -0.25) is 14.9 Å². The van der Waals surface area contributed by atoms with E-state index >= 15 is 0 Å². The predicted molar refractivity (Wildman–Crippen MR) is 103 cm³/mol. The summed E-state index contributed by atoms with van der Waals surface area (Å²) in [5.74, 6) is -1.32. The van der Waals surface area contributed by atoms with E-state index < -0.39 is 11.9 Å². The summed E-state index contributed by atoms with van der Waals surface area (Å²) in [6.45, 7) is 11.0. The highest BCUT2D eigenvalue weighted by Gasteiger charge is 2.29. The molecule has 0 unspecified atom stereocenters. The maximum absolute atomic E-state index is 12.6. The smallest absolute Gasteiger partial charge is 0.344 e. The van der Waals surface area contributed by atoms with Gasteiger partial charge < -0.3 is 9.15 Å². The van der Waals surface area contributed by atoms with E-state index in [4.69, 9.17) is 9.15 Å². The van der Waals surface area contributed by atoms with Crippen LogP contribution in [-0.4, -0.2) is 24.3 Å². The number of hydrogen-bond acceptors (Lipinski definition) is 5. The van der Waals surface area contributed by atoms with Crippen molar-refractivity contribution < 1.29 is 23.5 Å². The van der Waals surface area contributed by atoms with Crippen molar-refractivity contribution in [3.63, 3.8) is 0 Å². The highest BCUT2D eigenvalue weighted by molar-refractivity contribution is 6.12. The number of nitrogens with one attached hydrogen (secondary N) is 1. The summed E-state index contributed by atoms with van der Waals surface area (Å²) in [4.78, 5) is 36.8. The van der Waals surface area contributed by atoms with Gasteiger partial charge in [-0.2, -0.15) is 0 Å². The number of amides is 1. The van der Waals surface area contributed by atoms with E-state index in [-0.39, 0.29) is 40.6 Å². The molecule has 0 aliphatic carbocycles. The number of carbonyl (C=O) groups is 3. The molecule has 0 saturated heterocycles. The van der Waals surface area contributed by atoms with Gasteiger partial charge in [0.05, 0.1) is 12.2 Å². The summed E-state index contributed by atoms with van der Waals surface area (Å²) in [5, 5.41) is 2.58. The van der Waals surface area contributed by atoms with Crippen LogP contribution in [0.2, 0.25) is 0 Å². The minimum absolute atomic E-state index is 0.0272. The Morgan fingerprint density at radius 2 is 1.67 bits per heavy atom. The molecule has 0 spiro atoms. The van der Waals surface area contributed by atoms with Crippen molar-refractivity contribution in [2.45, 2.75) is 47.0 Å². The van der Waals surface area contributed by atoms with Crippen LogP contribution in [0, 0.1) is 6.92 Å². The van der Waals surface area contributed by atoms with Crippen LogP contribution in [-0.2, 0) is 10.2 Å². The Morgan fingerprint density at radius 3 is 2.15 bits per heavy atom. The van der Waals surface area contributed by atoms with Crippen molar-refractivity contribution >= 4 is 23.5 Å². The molecule has 1 aromatic heterocycles. The highest BCUT2D eigenvalue weighted by Crippen LogP contribution is 2.29. The van der Waals surface area contributed by atoms with Gasteiger partial charge in [0.1, 0.15) is 11.3 Å². The molecule has 2 aromatic rings. The number of furan rings is 1. The number of anilines is 1. The molecule has 1 heterocycles. The van der Waals surface area contributed by atoms with E-state index in [1.165, 1.54) is 6.92 Å². The third-order valence-corrected chi connectivity index (χ3v) is 4.16. The Morgan fingerprint density at radius 1 is 1.07 bits per heavy atom. The van der Waals surface area contributed by atoms with Gasteiger partial charge in [-0.1, -0.05) is 32.9 Å². The lowest BCUT2D eigenvalue weighted by atomic mass is 9.87. The van der Waals surface area contributed by atoms with Crippen LogP contribution in [0.3, 0.4) is 0 Å². The third kappa shape index (κ3) is 4.45. The SMILES string of the molecule is CCOC(=O)c1c(NC(=O)c2ccc(C(C)(C)C)cc2)oc(C)c1C(C)=O. The summed E-state index contributed by atoms with van der Waals surface area (Å²) < 4.78 is 10.5. The van der Waals surface area contributed by atoms with Crippen LogP contribution in [0.4, 0.5) is 5.88 Å². The predicted octanol–water partition coefficient (Wildman–Crippen LogP) is 4.52. The molecular formula is C21H25NO5. The molecule has 0 fully saturated rings. The molecule has 1 N–H and O–H groups in total. The largest absolute Gasteiger partial charge is 0.462 e. The first kappa shape index (κ1) is 20.4. The Labute approximate surface area is 158 Å². The molecule has 1 aromatic carbocycles. The van der Waals surface area contributed by atoms with Crippen LogP contribution < -0.4 is 5.32 Å². The molecule has 0 radical (unpaired) electrons. The summed E-state index contributed by atoms with van der Waals surface area (Å²) >= 11 is 0. The van der Waals surface area contributed by atoms with Crippen LogP contribution >= 0.6 is 0 Å². The summed E-state index contributed by atoms with van der Waals surface area (Å²) in [7, 11) is 0. The number of ether oxygens (including phenoxy) is 1. The molecule has 0 saturated carbocycles. The Balaban J connectivity index is 2.36. The number of aryl methyl sites for hydroxylation is 1. The fourth-order valence-corrected chi connectivity index (χ4v) is 2.75. The van der Waals surface area contributed by atoms with E-state index in [0.717, 1.165) is 5.56 Å². The second-order valence-corrected chi connectivity index (χ2v) is 7.30. The van der Waals surface area contributed by atoms with Gasteiger partial charge in [-0.15, -0.1) is 0 Å². The number of benzene rings is 1. The molecule has 2 rings (SSSR count). The number of hydrogen-bond donors (Lipinski definition) is 1. The van der Waals surface area contributed by atoms with Crippen LogP contribution in [0.15, 0.2) is 28.7 Å². The average Bonchev–Trinajstić information content (AvgIpc) is 2.90. The van der Waals surface area contributed by atoms with Crippen molar-refractivity contribution in [2.24, 2.45) is 0 Å². The first-order chi connectivity index (χ1) is 12.6. The number of esters is 1. The lowest BCUT2D eigenvalue weighted by molar-refractivity contribution is 0.0524. The normalized spacial score (nSPS) is 11.2. The molecule has 0 aliphatic heterocycles. The lowest BCUT2D eigenvalue weighted by Gasteiger charge is -2.19. The zero-order valence-corrected chi connectivity index (χ0v) is 16.6. The second-order valence-electron chi connectivity index (χ2n) is 7.30. The monoisotopic (exact) mass is 371 g/mol. The topological polar surface area (TPSA) is 85.6 Å². The van der Waals surface area contributed by atoms with E-state index in [1.54, 1.807) is 26.0 Å². The summed E-state index contributed by atoms with van der Waals surface area (Å²) in [6, 6.07) is 7.19. The standard InChI is InChI=1S/C21H25NO5/c1-7-26-20(25)17-16(12(2)23)13(3)27-19(17)22-18(24)14-8-10-15(11-9-14)21(4,5)6/h8-11H,7H2,1-6H3,(H,22,24). The quantitative estimate of drug-likeness (QED) is 0.617.